The molecule has 1 aromatic carbocycles. The number of amides is 3. The molecule has 0 spiro atoms. The van der Waals surface area contributed by atoms with Crippen molar-refractivity contribution in [3.8, 4) is 0 Å². The fraction of sp³-hybridized carbons (Fsp3) is 0.400. The monoisotopic (exact) mass is 289 g/mol. The molecule has 0 aromatic heterocycles. The highest BCUT2D eigenvalue weighted by Crippen LogP contribution is 2.29. The zero-order valence-electron chi connectivity index (χ0n) is 12.2. The molecule has 1 unspecified atom stereocenters. The maximum absolute atomic E-state index is 12.2. The summed E-state index contributed by atoms with van der Waals surface area (Å²) in [6, 6.07) is 6.46. The van der Waals surface area contributed by atoms with E-state index in [9.17, 15) is 14.4 Å². The number of urea groups is 1. The van der Waals surface area contributed by atoms with Crippen LogP contribution in [0.3, 0.4) is 0 Å². The second-order valence-corrected chi connectivity index (χ2v) is 5.66. The molecule has 1 heterocycles. The molecule has 3 amide bonds. The van der Waals surface area contributed by atoms with Gasteiger partial charge in [-0.05, 0) is 32.4 Å². The van der Waals surface area contributed by atoms with E-state index >= 15 is 0 Å². The fourth-order valence-corrected chi connectivity index (χ4v) is 2.35. The minimum absolute atomic E-state index is 0.0615. The van der Waals surface area contributed by atoms with Crippen LogP contribution < -0.4 is 11.1 Å². The SMILES string of the molecule is CC(=O)c1cccc(NC(=O)N2CCC(C)(C(N)=O)C2)c1. The average Bonchev–Trinajstić information content (AvgIpc) is 2.83. The van der Waals surface area contributed by atoms with E-state index in [4.69, 9.17) is 5.73 Å². The van der Waals surface area contributed by atoms with Crippen LogP contribution in [-0.4, -0.2) is 35.7 Å². The van der Waals surface area contributed by atoms with Crippen LogP contribution in [0.1, 0.15) is 30.6 Å². The second-order valence-electron chi connectivity index (χ2n) is 5.66. The molecule has 0 saturated carbocycles. The molecule has 1 fully saturated rings. The Hall–Kier alpha value is -2.37. The zero-order chi connectivity index (χ0) is 15.6. The number of likely N-dealkylation sites (tertiary alicyclic amines) is 1. The summed E-state index contributed by atoms with van der Waals surface area (Å²) in [4.78, 5) is 36.5. The number of carbonyl (C=O) groups is 3. The quantitative estimate of drug-likeness (QED) is 0.828. The van der Waals surface area contributed by atoms with Crippen LogP contribution in [0.15, 0.2) is 24.3 Å². The predicted octanol–water partition coefficient (Wildman–Crippen LogP) is 1.62. The van der Waals surface area contributed by atoms with Gasteiger partial charge in [0, 0.05) is 24.3 Å². The van der Waals surface area contributed by atoms with Gasteiger partial charge in [0.05, 0.1) is 5.41 Å². The van der Waals surface area contributed by atoms with Crippen LogP contribution in [0, 0.1) is 5.41 Å². The molecule has 6 nitrogen and oxygen atoms in total. The van der Waals surface area contributed by atoms with Gasteiger partial charge in [-0.25, -0.2) is 4.79 Å². The summed E-state index contributed by atoms with van der Waals surface area (Å²) in [7, 11) is 0. The third-order valence-electron chi connectivity index (χ3n) is 3.88. The highest BCUT2D eigenvalue weighted by atomic mass is 16.2. The lowest BCUT2D eigenvalue weighted by atomic mass is 9.89. The smallest absolute Gasteiger partial charge is 0.321 e. The molecule has 21 heavy (non-hydrogen) atoms. The molecule has 0 bridgehead atoms. The summed E-state index contributed by atoms with van der Waals surface area (Å²) in [5.41, 5.74) is 5.79. The normalized spacial score (nSPS) is 21.1. The maximum atomic E-state index is 12.2. The van der Waals surface area contributed by atoms with Gasteiger partial charge in [0.1, 0.15) is 0 Å². The lowest BCUT2D eigenvalue weighted by Gasteiger charge is -2.21. The van der Waals surface area contributed by atoms with E-state index in [0.717, 1.165) is 0 Å². The average molecular weight is 289 g/mol. The molecule has 1 aliphatic rings. The summed E-state index contributed by atoms with van der Waals surface area (Å²) in [5.74, 6) is -0.454. The minimum atomic E-state index is -0.668. The number of hydrogen-bond acceptors (Lipinski definition) is 3. The first-order chi connectivity index (χ1) is 9.82. The van der Waals surface area contributed by atoms with Gasteiger partial charge in [-0.3, -0.25) is 9.59 Å². The topological polar surface area (TPSA) is 92.5 Å². The molecule has 112 valence electrons. The highest BCUT2D eigenvalue weighted by molar-refractivity contribution is 5.97. The molecule has 6 heteroatoms. The molecule has 1 saturated heterocycles. The van der Waals surface area contributed by atoms with Gasteiger partial charge < -0.3 is 16.0 Å². The number of carbonyl (C=O) groups excluding carboxylic acids is 3. The molecule has 0 radical (unpaired) electrons. The third-order valence-corrected chi connectivity index (χ3v) is 3.88. The summed E-state index contributed by atoms with van der Waals surface area (Å²) >= 11 is 0. The Morgan fingerprint density at radius 3 is 2.62 bits per heavy atom. The molecule has 3 N–H and O–H groups in total. The third kappa shape index (κ3) is 3.21. The zero-order valence-corrected chi connectivity index (χ0v) is 12.2. The molecule has 2 rings (SSSR count). The summed E-state index contributed by atoms with van der Waals surface area (Å²) in [6.07, 6.45) is 0.559. The summed E-state index contributed by atoms with van der Waals surface area (Å²) < 4.78 is 0. The van der Waals surface area contributed by atoms with Crippen LogP contribution in [0.25, 0.3) is 0 Å². The van der Waals surface area contributed by atoms with Gasteiger partial charge in [0.25, 0.3) is 0 Å². The molecule has 1 aliphatic heterocycles. The van der Waals surface area contributed by atoms with E-state index in [2.05, 4.69) is 5.32 Å². The number of anilines is 1. The lowest BCUT2D eigenvalue weighted by Crippen LogP contribution is -2.40. The Balaban J connectivity index is 2.04. The van der Waals surface area contributed by atoms with Gasteiger partial charge in [0.2, 0.25) is 5.91 Å². The largest absolute Gasteiger partial charge is 0.369 e. The number of benzene rings is 1. The van der Waals surface area contributed by atoms with Crippen LogP contribution in [-0.2, 0) is 4.79 Å². The number of Topliss-reactive ketones (excluding diaryl/α,β-unsaturated/α-hetero) is 1. The Kier molecular flexibility index (Phi) is 3.97. The number of ketones is 1. The van der Waals surface area contributed by atoms with Crippen LogP contribution in [0.5, 0.6) is 0 Å². The van der Waals surface area contributed by atoms with Crippen molar-refractivity contribution in [2.45, 2.75) is 20.3 Å². The van der Waals surface area contributed by atoms with Crippen molar-refractivity contribution in [2.75, 3.05) is 18.4 Å². The van der Waals surface area contributed by atoms with Crippen LogP contribution in [0.2, 0.25) is 0 Å². The predicted molar refractivity (Wildman–Crippen MR) is 79.0 cm³/mol. The number of nitrogens with zero attached hydrogens (tertiary/aromatic N) is 1. The van der Waals surface area contributed by atoms with Crippen molar-refractivity contribution in [3.05, 3.63) is 29.8 Å². The second kappa shape index (κ2) is 5.55. The molecule has 1 atom stereocenters. The number of nitrogens with one attached hydrogen (secondary N) is 1. The van der Waals surface area contributed by atoms with Crippen molar-refractivity contribution in [1.82, 2.24) is 4.90 Å². The van der Waals surface area contributed by atoms with Crippen molar-refractivity contribution in [2.24, 2.45) is 11.1 Å². The Morgan fingerprint density at radius 1 is 1.33 bits per heavy atom. The first-order valence-electron chi connectivity index (χ1n) is 6.79. The lowest BCUT2D eigenvalue weighted by molar-refractivity contribution is -0.126. The van der Waals surface area contributed by atoms with Gasteiger partial charge in [-0.2, -0.15) is 0 Å². The van der Waals surface area contributed by atoms with Gasteiger partial charge in [0.15, 0.2) is 5.78 Å². The van der Waals surface area contributed by atoms with Crippen LogP contribution in [0.4, 0.5) is 10.5 Å². The van der Waals surface area contributed by atoms with Crippen molar-refractivity contribution in [1.29, 1.82) is 0 Å². The van der Waals surface area contributed by atoms with Gasteiger partial charge in [-0.15, -0.1) is 0 Å². The number of rotatable bonds is 3. The molecule has 0 aliphatic carbocycles. The molecule has 1 aromatic rings. The van der Waals surface area contributed by atoms with E-state index in [-0.39, 0.29) is 11.8 Å². The highest BCUT2D eigenvalue weighted by Gasteiger charge is 2.40. The van der Waals surface area contributed by atoms with Crippen molar-refractivity contribution >= 4 is 23.4 Å². The first-order valence-corrected chi connectivity index (χ1v) is 6.79. The minimum Gasteiger partial charge on any atom is -0.369 e. The number of nitrogens with two attached hydrogens (primary N) is 1. The Labute approximate surface area is 123 Å². The van der Waals surface area contributed by atoms with Crippen molar-refractivity contribution in [3.63, 3.8) is 0 Å². The van der Waals surface area contributed by atoms with E-state index in [1.807, 2.05) is 0 Å². The maximum Gasteiger partial charge on any atom is 0.321 e. The Bertz CT molecular complexity index is 600. The number of hydrogen-bond donors (Lipinski definition) is 2. The molecular weight excluding hydrogens is 270 g/mol. The van der Waals surface area contributed by atoms with Gasteiger partial charge >= 0.3 is 6.03 Å². The standard InChI is InChI=1S/C15H19N3O3/c1-10(19)11-4-3-5-12(8-11)17-14(21)18-7-6-15(2,9-18)13(16)20/h3-5,8H,6-7,9H2,1-2H3,(H2,16,20)(H,17,21). The van der Waals surface area contributed by atoms with E-state index in [1.165, 1.54) is 6.92 Å². The van der Waals surface area contributed by atoms with Crippen LogP contribution >= 0.6 is 0 Å². The van der Waals surface area contributed by atoms with Gasteiger partial charge in [-0.1, -0.05) is 12.1 Å². The van der Waals surface area contributed by atoms with E-state index < -0.39 is 11.3 Å². The number of primary amides is 1. The molecular formula is C15H19N3O3. The summed E-state index contributed by atoms with van der Waals surface area (Å²) in [6.45, 7) is 4.02. The van der Waals surface area contributed by atoms with E-state index in [0.29, 0.717) is 30.8 Å². The fourth-order valence-electron chi connectivity index (χ4n) is 2.35. The summed E-state index contributed by atoms with van der Waals surface area (Å²) in [5, 5.41) is 2.74. The Morgan fingerprint density at radius 2 is 2.05 bits per heavy atom. The van der Waals surface area contributed by atoms with Crippen molar-refractivity contribution < 1.29 is 14.4 Å². The first kappa shape index (κ1) is 15.0. The van der Waals surface area contributed by atoms with E-state index in [1.54, 1.807) is 36.1 Å².